The van der Waals surface area contributed by atoms with Crippen LogP contribution in [0.4, 0.5) is 0 Å². The fraction of sp³-hybridized carbons (Fsp3) is 0.435. The molecule has 26 heavy (non-hydrogen) atoms. The molecule has 1 aromatic carbocycles. The SMILES string of the molecule is CCc1ccc(C2=CC=C(Cl)CC2C)cc1C1=C(O)C(C)(C)CCC1=O. The third-order valence-corrected chi connectivity index (χ3v) is 5.98. The van der Waals surface area contributed by atoms with Gasteiger partial charge in [0.1, 0.15) is 5.76 Å². The van der Waals surface area contributed by atoms with Crippen molar-refractivity contribution in [1.29, 1.82) is 0 Å². The van der Waals surface area contributed by atoms with E-state index in [-0.39, 0.29) is 17.0 Å². The molecule has 0 aromatic heterocycles. The topological polar surface area (TPSA) is 37.3 Å². The average Bonchev–Trinajstić information content (AvgIpc) is 2.59. The second-order valence-corrected chi connectivity index (χ2v) is 8.58. The molecule has 3 heteroatoms. The fourth-order valence-corrected chi connectivity index (χ4v) is 4.20. The van der Waals surface area contributed by atoms with Crippen molar-refractivity contribution in [2.75, 3.05) is 0 Å². The zero-order chi connectivity index (χ0) is 19.1. The molecule has 1 aromatic rings. The molecule has 138 valence electrons. The van der Waals surface area contributed by atoms with E-state index in [1.165, 1.54) is 5.57 Å². The molecule has 3 rings (SSSR count). The van der Waals surface area contributed by atoms with E-state index < -0.39 is 0 Å². The van der Waals surface area contributed by atoms with Crippen molar-refractivity contribution in [3.05, 3.63) is 57.8 Å². The minimum atomic E-state index is -0.363. The highest BCUT2D eigenvalue weighted by molar-refractivity contribution is 6.30. The Morgan fingerprint density at radius 1 is 1.27 bits per heavy atom. The van der Waals surface area contributed by atoms with Gasteiger partial charge in [0.2, 0.25) is 0 Å². The Labute approximate surface area is 161 Å². The van der Waals surface area contributed by atoms with Crippen molar-refractivity contribution in [3.63, 3.8) is 0 Å². The maximum Gasteiger partial charge on any atom is 0.166 e. The van der Waals surface area contributed by atoms with Crippen LogP contribution >= 0.6 is 11.6 Å². The highest BCUT2D eigenvalue weighted by atomic mass is 35.5. The number of carbonyl (C=O) groups is 1. The van der Waals surface area contributed by atoms with Crippen LogP contribution < -0.4 is 0 Å². The molecule has 2 aliphatic rings. The van der Waals surface area contributed by atoms with Gasteiger partial charge in [-0.3, -0.25) is 4.79 Å². The van der Waals surface area contributed by atoms with Gasteiger partial charge in [-0.15, -0.1) is 0 Å². The van der Waals surface area contributed by atoms with Gasteiger partial charge in [0.25, 0.3) is 0 Å². The third kappa shape index (κ3) is 3.40. The molecule has 0 saturated carbocycles. The Morgan fingerprint density at radius 2 is 2.00 bits per heavy atom. The van der Waals surface area contributed by atoms with E-state index in [1.54, 1.807) is 0 Å². The monoisotopic (exact) mass is 370 g/mol. The van der Waals surface area contributed by atoms with Gasteiger partial charge in [-0.1, -0.05) is 57.5 Å². The van der Waals surface area contributed by atoms with Gasteiger partial charge < -0.3 is 5.11 Å². The molecule has 2 aliphatic carbocycles. The summed E-state index contributed by atoms with van der Waals surface area (Å²) in [6.07, 6.45) is 6.85. The van der Waals surface area contributed by atoms with Crippen molar-refractivity contribution >= 4 is 28.5 Å². The van der Waals surface area contributed by atoms with Crippen LogP contribution in [0.5, 0.6) is 0 Å². The van der Waals surface area contributed by atoms with Gasteiger partial charge in [0.05, 0.1) is 5.57 Å². The smallest absolute Gasteiger partial charge is 0.166 e. The highest BCUT2D eigenvalue weighted by Gasteiger charge is 2.35. The van der Waals surface area contributed by atoms with Crippen molar-refractivity contribution in [2.24, 2.45) is 11.3 Å². The first-order chi connectivity index (χ1) is 12.2. The summed E-state index contributed by atoms with van der Waals surface area (Å²) >= 11 is 6.17. The average molecular weight is 371 g/mol. The summed E-state index contributed by atoms with van der Waals surface area (Å²) in [4.78, 5) is 12.7. The number of carbonyl (C=O) groups excluding carboxylic acids is 1. The number of ketones is 1. The molecule has 0 bridgehead atoms. The summed E-state index contributed by atoms with van der Waals surface area (Å²) < 4.78 is 0. The van der Waals surface area contributed by atoms with Crippen molar-refractivity contribution < 1.29 is 9.90 Å². The van der Waals surface area contributed by atoms with Crippen LogP contribution in [0.1, 0.15) is 63.6 Å². The maximum atomic E-state index is 12.7. The molecule has 0 radical (unpaired) electrons. The molecule has 2 nitrogen and oxygen atoms in total. The lowest BCUT2D eigenvalue weighted by Gasteiger charge is -2.31. The van der Waals surface area contributed by atoms with Crippen LogP contribution in [-0.4, -0.2) is 10.9 Å². The van der Waals surface area contributed by atoms with E-state index in [1.807, 2.05) is 19.9 Å². The Morgan fingerprint density at radius 3 is 2.65 bits per heavy atom. The number of benzene rings is 1. The standard InChI is InChI=1S/C23H27ClO2/c1-5-15-6-7-16(18-9-8-17(24)12-14(18)2)13-19(15)21-20(25)10-11-23(3,4)22(21)26/h6-9,13-14,26H,5,10-12H2,1-4H3. The van der Waals surface area contributed by atoms with Crippen LogP contribution in [0.25, 0.3) is 11.1 Å². The lowest BCUT2D eigenvalue weighted by molar-refractivity contribution is -0.115. The molecule has 1 unspecified atom stereocenters. The van der Waals surface area contributed by atoms with Crippen LogP contribution in [0.2, 0.25) is 0 Å². The summed E-state index contributed by atoms with van der Waals surface area (Å²) in [5.74, 6) is 0.602. The largest absolute Gasteiger partial charge is 0.511 e. The number of hydrogen-bond donors (Lipinski definition) is 1. The second-order valence-electron chi connectivity index (χ2n) is 8.10. The Kier molecular flexibility index (Phi) is 5.16. The number of aliphatic hydroxyl groups excluding tert-OH is 1. The normalized spacial score (nSPS) is 23.0. The van der Waals surface area contributed by atoms with E-state index in [4.69, 9.17) is 11.6 Å². The van der Waals surface area contributed by atoms with Gasteiger partial charge in [0.15, 0.2) is 5.78 Å². The first-order valence-corrected chi connectivity index (χ1v) is 9.79. The zero-order valence-corrected chi connectivity index (χ0v) is 16.8. The van der Waals surface area contributed by atoms with Gasteiger partial charge in [0, 0.05) is 16.9 Å². The lowest BCUT2D eigenvalue weighted by atomic mass is 9.74. The van der Waals surface area contributed by atoms with E-state index in [0.29, 0.717) is 24.3 Å². The molecule has 0 saturated heterocycles. The summed E-state index contributed by atoms with van der Waals surface area (Å²) in [5, 5.41) is 11.7. The number of halogens is 1. The predicted molar refractivity (Wildman–Crippen MR) is 109 cm³/mol. The van der Waals surface area contributed by atoms with Gasteiger partial charge in [-0.05, 0) is 59.6 Å². The minimum absolute atomic E-state index is 0.0438. The number of Topliss-reactive ketones (excluding diaryl/α,β-unsaturated/α-hetero) is 1. The van der Waals surface area contributed by atoms with Crippen LogP contribution in [0.3, 0.4) is 0 Å². The number of hydrogen-bond acceptors (Lipinski definition) is 2. The lowest BCUT2D eigenvalue weighted by Crippen LogP contribution is -2.26. The van der Waals surface area contributed by atoms with Gasteiger partial charge in [-0.2, -0.15) is 0 Å². The zero-order valence-electron chi connectivity index (χ0n) is 16.0. The van der Waals surface area contributed by atoms with Crippen molar-refractivity contribution in [2.45, 2.75) is 53.4 Å². The third-order valence-electron chi connectivity index (χ3n) is 5.70. The summed E-state index contributed by atoms with van der Waals surface area (Å²) in [7, 11) is 0. The second kappa shape index (κ2) is 7.08. The van der Waals surface area contributed by atoms with Gasteiger partial charge in [-0.25, -0.2) is 0 Å². The fourth-order valence-electron chi connectivity index (χ4n) is 3.91. The van der Waals surface area contributed by atoms with E-state index in [9.17, 15) is 9.90 Å². The number of allylic oxidation sites excluding steroid dienone is 6. The quantitative estimate of drug-likeness (QED) is 0.663. The molecule has 1 atom stereocenters. The molecule has 0 spiro atoms. The molecule has 0 aliphatic heterocycles. The first-order valence-electron chi connectivity index (χ1n) is 9.41. The maximum absolute atomic E-state index is 12.7. The summed E-state index contributed by atoms with van der Waals surface area (Å²) in [6.45, 7) is 8.26. The van der Waals surface area contributed by atoms with E-state index in [0.717, 1.165) is 34.6 Å². The van der Waals surface area contributed by atoms with E-state index in [2.05, 4.69) is 38.1 Å². The highest BCUT2D eigenvalue weighted by Crippen LogP contribution is 2.43. The Balaban J connectivity index is 2.17. The molecule has 0 amide bonds. The first kappa shape index (κ1) is 19.0. The molecular formula is C23H27ClO2. The number of rotatable bonds is 3. The molecule has 0 fully saturated rings. The van der Waals surface area contributed by atoms with Crippen molar-refractivity contribution in [1.82, 2.24) is 0 Å². The number of aliphatic hydroxyl groups is 1. The molecular weight excluding hydrogens is 344 g/mol. The summed E-state index contributed by atoms with van der Waals surface area (Å²) in [6, 6.07) is 6.29. The van der Waals surface area contributed by atoms with E-state index >= 15 is 0 Å². The summed E-state index contributed by atoms with van der Waals surface area (Å²) in [5.41, 5.74) is 4.45. The minimum Gasteiger partial charge on any atom is -0.511 e. The van der Waals surface area contributed by atoms with Crippen LogP contribution in [-0.2, 0) is 11.2 Å². The molecule has 0 heterocycles. The Bertz CT molecular complexity index is 840. The van der Waals surface area contributed by atoms with Crippen LogP contribution in [0.15, 0.2) is 41.1 Å². The van der Waals surface area contributed by atoms with Gasteiger partial charge >= 0.3 is 0 Å². The van der Waals surface area contributed by atoms with Crippen LogP contribution in [0, 0.1) is 11.3 Å². The molecule has 1 N–H and O–H groups in total. The van der Waals surface area contributed by atoms with Crippen molar-refractivity contribution in [3.8, 4) is 0 Å². The predicted octanol–water partition coefficient (Wildman–Crippen LogP) is 6.45. The number of aryl methyl sites for hydroxylation is 1. The Hall–Kier alpha value is -1.80.